The quantitative estimate of drug-likeness (QED) is 0.854. The summed E-state index contributed by atoms with van der Waals surface area (Å²) in [7, 11) is 1.92. The fraction of sp³-hybridized carbons (Fsp3) is 0.400. The molecule has 1 amide bonds. The number of benzene rings is 1. The fourth-order valence-corrected chi connectivity index (χ4v) is 2.78. The molecular formula is C15H18BrFN2O. The van der Waals surface area contributed by atoms with Crippen molar-refractivity contribution < 1.29 is 9.18 Å². The zero-order chi connectivity index (χ0) is 14.5. The lowest BCUT2D eigenvalue weighted by Crippen LogP contribution is -2.28. The highest BCUT2D eigenvalue weighted by Crippen LogP contribution is 2.18. The highest BCUT2D eigenvalue weighted by atomic mass is 79.9. The Morgan fingerprint density at radius 3 is 3.15 bits per heavy atom. The first-order valence-corrected chi connectivity index (χ1v) is 7.46. The maximum absolute atomic E-state index is 13.6. The van der Waals surface area contributed by atoms with Crippen molar-refractivity contribution in [1.29, 1.82) is 0 Å². The molecular weight excluding hydrogens is 323 g/mol. The van der Waals surface area contributed by atoms with Gasteiger partial charge in [0.05, 0.1) is 0 Å². The van der Waals surface area contributed by atoms with E-state index < -0.39 is 0 Å². The van der Waals surface area contributed by atoms with Gasteiger partial charge in [-0.2, -0.15) is 0 Å². The molecule has 108 valence electrons. The minimum absolute atomic E-state index is 0.0528. The van der Waals surface area contributed by atoms with Crippen LogP contribution < -0.4 is 5.32 Å². The van der Waals surface area contributed by atoms with Gasteiger partial charge in [0, 0.05) is 29.2 Å². The Labute approximate surface area is 127 Å². The van der Waals surface area contributed by atoms with Crippen LogP contribution >= 0.6 is 15.9 Å². The van der Waals surface area contributed by atoms with Crippen LogP contribution in [0.1, 0.15) is 12.0 Å². The summed E-state index contributed by atoms with van der Waals surface area (Å²) in [4.78, 5) is 13.9. The van der Waals surface area contributed by atoms with Crippen LogP contribution in [0.25, 0.3) is 6.08 Å². The van der Waals surface area contributed by atoms with Crippen LogP contribution in [0.3, 0.4) is 0 Å². The van der Waals surface area contributed by atoms with Gasteiger partial charge in [-0.1, -0.05) is 15.9 Å². The molecule has 1 aromatic carbocycles. The summed E-state index contributed by atoms with van der Waals surface area (Å²) in [6.07, 6.45) is 4.01. The van der Waals surface area contributed by atoms with E-state index in [-0.39, 0.29) is 11.7 Å². The summed E-state index contributed by atoms with van der Waals surface area (Å²) in [6, 6.07) is 4.68. The van der Waals surface area contributed by atoms with Crippen molar-refractivity contribution in [2.75, 3.05) is 26.7 Å². The number of likely N-dealkylation sites (tertiary alicyclic amines) is 1. The molecule has 2 rings (SSSR count). The molecule has 5 heteroatoms. The van der Waals surface area contributed by atoms with Crippen molar-refractivity contribution in [3.63, 3.8) is 0 Å². The summed E-state index contributed by atoms with van der Waals surface area (Å²) in [5.74, 6) is 0.134. The molecule has 1 aliphatic rings. The Balaban J connectivity index is 1.98. The summed E-state index contributed by atoms with van der Waals surface area (Å²) < 4.78 is 14.3. The lowest BCUT2D eigenvalue weighted by molar-refractivity contribution is -0.125. The monoisotopic (exact) mass is 340 g/mol. The van der Waals surface area contributed by atoms with E-state index in [1.54, 1.807) is 12.1 Å². The van der Waals surface area contributed by atoms with E-state index in [0.717, 1.165) is 30.5 Å². The number of hydrogen-bond donors (Lipinski definition) is 1. The van der Waals surface area contributed by atoms with Gasteiger partial charge in [-0.25, -0.2) is 4.39 Å². The normalized spacial score (nSPS) is 18.9. The van der Waals surface area contributed by atoms with Gasteiger partial charge in [-0.15, -0.1) is 0 Å². The van der Waals surface area contributed by atoms with Crippen LogP contribution in [0.2, 0.25) is 0 Å². The first kappa shape index (κ1) is 15.2. The second-order valence-electron chi connectivity index (χ2n) is 5.00. The van der Waals surface area contributed by atoms with Gasteiger partial charge in [0.25, 0.3) is 0 Å². The van der Waals surface area contributed by atoms with Gasteiger partial charge in [0.2, 0.25) is 5.91 Å². The summed E-state index contributed by atoms with van der Waals surface area (Å²) in [5.41, 5.74) is 0.415. The average Bonchev–Trinajstić information content (AvgIpc) is 2.88. The molecule has 0 aliphatic carbocycles. The number of nitrogens with one attached hydrogen (secondary N) is 1. The van der Waals surface area contributed by atoms with E-state index in [4.69, 9.17) is 0 Å². The van der Waals surface area contributed by atoms with E-state index in [2.05, 4.69) is 21.2 Å². The largest absolute Gasteiger partial charge is 0.339 e. The highest BCUT2D eigenvalue weighted by Gasteiger charge is 2.24. The predicted molar refractivity (Wildman–Crippen MR) is 81.7 cm³/mol. The molecule has 1 N–H and O–H groups in total. The van der Waals surface area contributed by atoms with Gasteiger partial charge in [-0.3, -0.25) is 4.79 Å². The average molecular weight is 341 g/mol. The molecule has 1 saturated heterocycles. The number of hydrogen-bond acceptors (Lipinski definition) is 2. The fourth-order valence-electron chi connectivity index (χ4n) is 2.40. The van der Waals surface area contributed by atoms with E-state index in [0.29, 0.717) is 11.5 Å². The maximum Gasteiger partial charge on any atom is 0.246 e. The van der Waals surface area contributed by atoms with Crippen LogP contribution in [0.5, 0.6) is 0 Å². The molecule has 3 nitrogen and oxygen atoms in total. The number of amides is 1. The van der Waals surface area contributed by atoms with E-state index in [9.17, 15) is 9.18 Å². The molecule has 0 saturated carbocycles. The SMILES string of the molecule is CNCC1CCN(C(=O)C=Cc2cc(Br)ccc2F)C1. The van der Waals surface area contributed by atoms with Gasteiger partial charge in [-0.05, 0) is 50.2 Å². The topological polar surface area (TPSA) is 32.3 Å². The molecule has 1 aromatic rings. The molecule has 0 spiro atoms. The van der Waals surface area contributed by atoms with E-state index in [1.165, 1.54) is 18.2 Å². The van der Waals surface area contributed by atoms with Crippen LogP contribution in [0, 0.1) is 11.7 Å². The van der Waals surface area contributed by atoms with Crippen LogP contribution in [0.4, 0.5) is 4.39 Å². The zero-order valence-corrected chi connectivity index (χ0v) is 13.0. The lowest BCUT2D eigenvalue weighted by Gasteiger charge is -2.14. The van der Waals surface area contributed by atoms with Crippen LogP contribution in [-0.2, 0) is 4.79 Å². The second-order valence-corrected chi connectivity index (χ2v) is 5.91. The minimum Gasteiger partial charge on any atom is -0.339 e. The molecule has 1 atom stereocenters. The minimum atomic E-state index is -0.327. The van der Waals surface area contributed by atoms with Gasteiger partial charge < -0.3 is 10.2 Å². The van der Waals surface area contributed by atoms with Gasteiger partial charge in [0.1, 0.15) is 5.82 Å². The molecule has 1 aliphatic heterocycles. The number of carbonyl (C=O) groups excluding carboxylic acids is 1. The van der Waals surface area contributed by atoms with Crippen molar-refractivity contribution in [3.8, 4) is 0 Å². The number of carbonyl (C=O) groups is 1. The molecule has 1 unspecified atom stereocenters. The third-order valence-corrected chi connectivity index (χ3v) is 3.95. The number of halogens is 2. The summed E-state index contributed by atoms with van der Waals surface area (Å²) in [6.45, 7) is 2.47. The van der Waals surface area contributed by atoms with Gasteiger partial charge in [0.15, 0.2) is 0 Å². The molecule has 1 heterocycles. The lowest BCUT2D eigenvalue weighted by atomic mass is 10.1. The Hall–Kier alpha value is -1.20. The Morgan fingerprint density at radius 1 is 1.60 bits per heavy atom. The summed E-state index contributed by atoms with van der Waals surface area (Å²) >= 11 is 3.29. The van der Waals surface area contributed by atoms with Crippen molar-refractivity contribution in [1.82, 2.24) is 10.2 Å². The maximum atomic E-state index is 13.6. The Morgan fingerprint density at radius 2 is 2.40 bits per heavy atom. The number of rotatable bonds is 4. The third kappa shape index (κ3) is 3.90. The molecule has 0 radical (unpaired) electrons. The van der Waals surface area contributed by atoms with Crippen LogP contribution in [-0.4, -0.2) is 37.5 Å². The summed E-state index contributed by atoms with van der Waals surface area (Å²) in [5, 5.41) is 3.13. The predicted octanol–water partition coefficient (Wildman–Crippen LogP) is 2.67. The molecule has 1 fully saturated rings. The Kier molecular flexibility index (Phi) is 5.31. The van der Waals surface area contributed by atoms with Crippen LogP contribution in [0.15, 0.2) is 28.7 Å². The van der Waals surface area contributed by atoms with E-state index >= 15 is 0 Å². The molecule has 0 aromatic heterocycles. The Bertz CT molecular complexity index is 519. The standard InChI is InChI=1S/C15H18BrFN2O/c1-18-9-11-6-7-19(10-11)15(20)5-2-12-8-13(16)3-4-14(12)17/h2-5,8,11,18H,6-7,9-10H2,1H3. The van der Waals surface area contributed by atoms with Gasteiger partial charge >= 0.3 is 0 Å². The third-order valence-electron chi connectivity index (χ3n) is 3.45. The van der Waals surface area contributed by atoms with E-state index in [1.807, 2.05) is 11.9 Å². The number of nitrogens with zero attached hydrogens (tertiary/aromatic N) is 1. The first-order valence-electron chi connectivity index (χ1n) is 6.67. The van der Waals surface area contributed by atoms with Crippen molar-refractivity contribution in [2.45, 2.75) is 6.42 Å². The van der Waals surface area contributed by atoms with Crippen molar-refractivity contribution >= 4 is 27.9 Å². The van der Waals surface area contributed by atoms with Crippen molar-refractivity contribution in [2.24, 2.45) is 5.92 Å². The second kappa shape index (κ2) is 6.99. The first-order chi connectivity index (χ1) is 9.60. The highest BCUT2D eigenvalue weighted by molar-refractivity contribution is 9.10. The van der Waals surface area contributed by atoms with Crippen molar-refractivity contribution in [3.05, 3.63) is 40.1 Å². The smallest absolute Gasteiger partial charge is 0.246 e. The molecule has 20 heavy (non-hydrogen) atoms. The zero-order valence-electron chi connectivity index (χ0n) is 11.4. The molecule has 0 bridgehead atoms.